The first-order valence-electron chi connectivity index (χ1n) is 5.11. The van der Waals surface area contributed by atoms with Crippen LogP contribution >= 0.6 is 11.6 Å². The molecule has 0 saturated carbocycles. The Bertz CT molecular complexity index is 564. The third-order valence-electron chi connectivity index (χ3n) is 2.07. The predicted octanol–water partition coefficient (Wildman–Crippen LogP) is 2.95. The van der Waals surface area contributed by atoms with E-state index in [-0.39, 0.29) is 22.8 Å². The van der Waals surface area contributed by atoms with Crippen molar-refractivity contribution in [2.24, 2.45) is 0 Å². The van der Waals surface area contributed by atoms with Gasteiger partial charge in [0.25, 0.3) is 0 Å². The Morgan fingerprint density at radius 1 is 1.44 bits per heavy atom. The number of hydrogen-bond acceptors (Lipinski definition) is 4. The van der Waals surface area contributed by atoms with Gasteiger partial charge >= 0.3 is 5.97 Å². The molecule has 1 aromatic rings. The number of hydrogen-bond donors (Lipinski definition) is 0. The van der Waals surface area contributed by atoms with Crippen molar-refractivity contribution in [1.82, 2.24) is 0 Å². The molecule has 0 aliphatic carbocycles. The molecule has 1 rings (SSSR count). The van der Waals surface area contributed by atoms with Gasteiger partial charge in [0.05, 0.1) is 17.2 Å². The van der Waals surface area contributed by atoms with Crippen LogP contribution in [0.1, 0.15) is 22.8 Å². The Morgan fingerprint density at radius 2 is 2.11 bits per heavy atom. The largest absolute Gasteiger partial charge is 0.462 e. The highest BCUT2D eigenvalue weighted by atomic mass is 35.5. The lowest BCUT2D eigenvalue weighted by Crippen LogP contribution is -2.07. The second-order valence-corrected chi connectivity index (χ2v) is 3.61. The minimum Gasteiger partial charge on any atom is -0.462 e. The number of halogens is 1. The minimum atomic E-state index is -0.579. The zero-order valence-electron chi connectivity index (χ0n) is 9.61. The van der Waals surface area contributed by atoms with Gasteiger partial charge in [-0.05, 0) is 24.6 Å². The van der Waals surface area contributed by atoms with E-state index in [9.17, 15) is 4.79 Å². The van der Waals surface area contributed by atoms with Crippen LogP contribution in [-0.2, 0) is 4.74 Å². The number of nitrogens with zero attached hydrogens (tertiary/aromatic N) is 2. The molecule has 5 heteroatoms. The number of benzene rings is 1. The summed E-state index contributed by atoms with van der Waals surface area (Å²) in [6.07, 6.45) is 1.30. The van der Waals surface area contributed by atoms with Crippen molar-refractivity contribution in [3.8, 4) is 12.1 Å². The molecule has 0 spiro atoms. The zero-order valence-corrected chi connectivity index (χ0v) is 10.4. The Balaban J connectivity index is 3.35. The quantitative estimate of drug-likeness (QED) is 0.619. The highest BCUT2D eigenvalue weighted by molar-refractivity contribution is 6.34. The molecule has 0 radical (unpaired) electrons. The van der Waals surface area contributed by atoms with Crippen LogP contribution in [0.4, 0.5) is 0 Å². The number of esters is 1. The molecule has 0 aromatic heterocycles. The topological polar surface area (TPSA) is 73.9 Å². The van der Waals surface area contributed by atoms with Gasteiger partial charge in [0, 0.05) is 0 Å². The zero-order chi connectivity index (χ0) is 13.5. The molecular formula is C13H9ClN2O2. The highest BCUT2D eigenvalue weighted by Crippen LogP contribution is 2.23. The van der Waals surface area contributed by atoms with E-state index in [1.165, 1.54) is 6.08 Å². The molecule has 0 fully saturated rings. The lowest BCUT2D eigenvalue weighted by molar-refractivity contribution is 0.0526. The van der Waals surface area contributed by atoms with Crippen molar-refractivity contribution in [2.45, 2.75) is 6.92 Å². The van der Waals surface area contributed by atoms with E-state index >= 15 is 0 Å². The van der Waals surface area contributed by atoms with Crippen LogP contribution in [0.3, 0.4) is 0 Å². The van der Waals surface area contributed by atoms with Gasteiger partial charge in [-0.3, -0.25) is 0 Å². The molecule has 0 amide bonds. The second kappa shape index (κ2) is 6.44. The van der Waals surface area contributed by atoms with E-state index < -0.39 is 5.97 Å². The van der Waals surface area contributed by atoms with Gasteiger partial charge in [0.2, 0.25) is 0 Å². The number of nitriles is 2. The molecule has 0 bridgehead atoms. The fourth-order valence-corrected chi connectivity index (χ4v) is 1.58. The highest BCUT2D eigenvalue weighted by Gasteiger charge is 2.15. The van der Waals surface area contributed by atoms with Gasteiger partial charge in [-0.25, -0.2) is 4.79 Å². The fourth-order valence-electron chi connectivity index (χ4n) is 1.32. The molecule has 90 valence electrons. The fraction of sp³-hybridized carbons (Fsp3) is 0.154. The van der Waals surface area contributed by atoms with Crippen LogP contribution in [0.2, 0.25) is 5.02 Å². The first kappa shape index (κ1) is 13.8. The summed E-state index contributed by atoms with van der Waals surface area (Å²) in [6, 6.07) is 8.21. The lowest BCUT2D eigenvalue weighted by Gasteiger charge is -2.07. The minimum absolute atomic E-state index is 0.109. The van der Waals surface area contributed by atoms with Crippen LogP contribution in [0.25, 0.3) is 6.08 Å². The monoisotopic (exact) mass is 260 g/mol. The SMILES string of the molecule is CCOC(=O)c1c(Cl)cccc1C=C(C#N)C#N. The Labute approximate surface area is 110 Å². The maximum atomic E-state index is 11.7. The molecule has 0 heterocycles. The predicted molar refractivity (Wildman–Crippen MR) is 66.6 cm³/mol. The summed E-state index contributed by atoms with van der Waals surface area (Å²) in [5.74, 6) is -0.579. The van der Waals surface area contributed by atoms with Crippen molar-refractivity contribution in [3.05, 3.63) is 39.9 Å². The second-order valence-electron chi connectivity index (χ2n) is 3.21. The summed E-state index contributed by atoms with van der Waals surface area (Å²) >= 11 is 5.93. The molecule has 1 aromatic carbocycles. The van der Waals surface area contributed by atoms with Crippen molar-refractivity contribution in [3.63, 3.8) is 0 Å². The van der Waals surface area contributed by atoms with Crippen molar-refractivity contribution in [1.29, 1.82) is 10.5 Å². The average Bonchev–Trinajstić information content (AvgIpc) is 2.36. The van der Waals surface area contributed by atoms with E-state index in [1.54, 1.807) is 37.3 Å². The first-order chi connectivity index (χ1) is 8.63. The molecular weight excluding hydrogens is 252 g/mol. The van der Waals surface area contributed by atoms with Gasteiger partial charge in [0.1, 0.15) is 17.7 Å². The van der Waals surface area contributed by atoms with Crippen LogP contribution < -0.4 is 0 Å². The van der Waals surface area contributed by atoms with Crippen molar-refractivity contribution >= 4 is 23.6 Å². The van der Waals surface area contributed by atoms with Crippen LogP contribution in [-0.4, -0.2) is 12.6 Å². The molecule has 0 aliphatic rings. The summed E-state index contributed by atoms with van der Waals surface area (Å²) < 4.78 is 4.88. The van der Waals surface area contributed by atoms with E-state index in [2.05, 4.69) is 0 Å². The van der Waals surface area contributed by atoms with Gasteiger partial charge < -0.3 is 4.74 Å². The van der Waals surface area contributed by atoms with E-state index in [0.29, 0.717) is 5.56 Å². The van der Waals surface area contributed by atoms with Gasteiger partial charge in [-0.1, -0.05) is 23.7 Å². The summed E-state index contributed by atoms with van der Waals surface area (Å²) in [6.45, 7) is 1.90. The smallest absolute Gasteiger partial charge is 0.340 e. The van der Waals surface area contributed by atoms with Crippen LogP contribution in [0, 0.1) is 22.7 Å². The Kier molecular flexibility index (Phi) is 4.92. The van der Waals surface area contributed by atoms with Crippen LogP contribution in [0.5, 0.6) is 0 Å². The number of carbonyl (C=O) groups excluding carboxylic acids is 1. The summed E-state index contributed by atoms with van der Waals surface area (Å²) in [5.41, 5.74) is 0.436. The summed E-state index contributed by atoms with van der Waals surface area (Å²) in [7, 11) is 0. The molecule has 18 heavy (non-hydrogen) atoms. The Hall–Kier alpha value is -2.30. The van der Waals surface area contributed by atoms with E-state index in [4.69, 9.17) is 26.9 Å². The summed E-state index contributed by atoms with van der Waals surface area (Å²) in [4.78, 5) is 11.7. The molecule has 0 saturated heterocycles. The maximum Gasteiger partial charge on any atom is 0.340 e. The van der Waals surface area contributed by atoms with E-state index in [1.807, 2.05) is 0 Å². The number of ether oxygens (including phenoxy) is 1. The molecule has 0 atom stereocenters. The summed E-state index contributed by atoms with van der Waals surface area (Å²) in [5, 5.41) is 17.6. The lowest BCUT2D eigenvalue weighted by atomic mass is 10.1. The van der Waals surface area contributed by atoms with Gasteiger partial charge in [-0.15, -0.1) is 0 Å². The standard InChI is InChI=1S/C13H9ClN2O2/c1-2-18-13(17)12-10(4-3-5-11(12)14)6-9(7-15)8-16/h3-6H,2H2,1H3. The molecule has 0 aliphatic heterocycles. The number of rotatable bonds is 3. The van der Waals surface area contributed by atoms with Crippen molar-refractivity contribution in [2.75, 3.05) is 6.61 Å². The van der Waals surface area contributed by atoms with Gasteiger partial charge in [-0.2, -0.15) is 10.5 Å². The Morgan fingerprint density at radius 3 is 2.67 bits per heavy atom. The third kappa shape index (κ3) is 3.10. The third-order valence-corrected chi connectivity index (χ3v) is 2.38. The van der Waals surface area contributed by atoms with Crippen LogP contribution in [0.15, 0.2) is 23.8 Å². The number of allylic oxidation sites excluding steroid dienone is 1. The maximum absolute atomic E-state index is 11.7. The van der Waals surface area contributed by atoms with Crippen molar-refractivity contribution < 1.29 is 9.53 Å². The molecule has 0 unspecified atom stereocenters. The molecule has 4 nitrogen and oxygen atoms in total. The van der Waals surface area contributed by atoms with E-state index in [0.717, 1.165) is 0 Å². The first-order valence-corrected chi connectivity index (χ1v) is 5.49. The number of carbonyl (C=O) groups is 1. The molecule has 0 N–H and O–H groups in total. The average molecular weight is 261 g/mol. The van der Waals surface area contributed by atoms with Gasteiger partial charge in [0.15, 0.2) is 0 Å². The normalized spacial score (nSPS) is 8.89.